The van der Waals surface area contributed by atoms with Gasteiger partial charge < -0.3 is 14.4 Å². The molecule has 0 atom stereocenters. The number of methoxy groups -OCH3 is 2. The van der Waals surface area contributed by atoms with Crippen LogP contribution in [0.1, 0.15) is 15.9 Å². The van der Waals surface area contributed by atoms with E-state index in [4.69, 9.17) is 4.74 Å². The number of anilines is 1. The number of likely N-dealkylation sites (N-methyl/N-ethyl adjacent to an activating group) is 1. The van der Waals surface area contributed by atoms with Crippen molar-refractivity contribution in [2.75, 3.05) is 38.4 Å². The summed E-state index contributed by atoms with van der Waals surface area (Å²) in [6.45, 7) is -0.107. The number of hydrogen-bond donors (Lipinski definition) is 0. The second-order valence-corrected chi connectivity index (χ2v) is 8.28. The molecular formula is C20H24N2O6S. The van der Waals surface area contributed by atoms with Crippen molar-refractivity contribution in [2.24, 2.45) is 0 Å². The Morgan fingerprint density at radius 2 is 1.62 bits per heavy atom. The highest BCUT2D eigenvalue weighted by atomic mass is 32.2. The summed E-state index contributed by atoms with van der Waals surface area (Å²) in [5, 5.41) is 0. The fourth-order valence-corrected chi connectivity index (χ4v) is 3.55. The Kier molecular flexibility index (Phi) is 7.22. The molecule has 0 unspecified atom stereocenters. The van der Waals surface area contributed by atoms with Crippen molar-refractivity contribution in [3.05, 3.63) is 59.7 Å². The van der Waals surface area contributed by atoms with Gasteiger partial charge in [0.05, 0.1) is 31.7 Å². The minimum atomic E-state index is -3.73. The monoisotopic (exact) mass is 420 g/mol. The molecule has 0 bridgehead atoms. The summed E-state index contributed by atoms with van der Waals surface area (Å²) in [5.41, 5.74) is 1.36. The molecule has 0 saturated carbocycles. The van der Waals surface area contributed by atoms with Crippen LogP contribution in [0.2, 0.25) is 0 Å². The summed E-state index contributed by atoms with van der Waals surface area (Å²) < 4.78 is 35.5. The zero-order valence-corrected chi connectivity index (χ0v) is 17.6. The fraction of sp³-hybridized carbons (Fsp3) is 0.300. The lowest BCUT2D eigenvalue weighted by Crippen LogP contribution is -2.41. The molecule has 0 heterocycles. The maximum Gasteiger partial charge on any atom is 0.337 e. The Morgan fingerprint density at radius 1 is 1.00 bits per heavy atom. The smallest absolute Gasteiger partial charge is 0.337 e. The van der Waals surface area contributed by atoms with E-state index in [0.717, 1.165) is 16.1 Å². The van der Waals surface area contributed by atoms with Crippen LogP contribution in [0.25, 0.3) is 0 Å². The number of para-hydroxylation sites is 1. The molecule has 0 fully saturated rings. The molecule has 9 heteroatoms. The summed E-state index contributed by atoms with van der Waals surface area (Å²) in [6, 6.07) is 13.1. The number of hydrogen-bond acceptors (Lipinski definition) is 6. The lowest BCUT2D eigenvalue weighted by atomic mass is 10.2. The predicted octanol–water partition coefficient (Wildman–Crippen LogP) is 1.91. The van der Waals surface area contributed by atoms with Crippen LogP contribution in [-0.4, -0.2) is 59.3 Å². The van der Waals surface area contributed by atoms with E-state index in [0.29, 0.717) is 5.75 Å². The summed E-state index contributed by atoms with van der Waals surface area (Å²) in [7, 11) is 0.672. The van der Waals surface area contributed by atoms with Crippen molar-refractivity contribution in [2.45, 2.75) is 6.54 Å². The molecule has 0 aliphatic carbocycles. The standard InChI is InChI=1S/C20H24N2O6S/c1-21(13-16-7-5-6-8-18(16)27-2)19(23)14-22(29(4,25)26)17-11-9-15(10-12-17)20(24)28-3/h5-12H,13-14H2,1-4H3. The number of rotatable bonds is 8. The maximum absolute atomic E-state index is 12.7. The van der Waals surface area contributed by atoms with Crippen LogP contribution < -0.4 is 9.04 Å². The third-order valence-electron chi connectivity index (χ3n) is 4.28. The van der Waals surface area contributed by atoms with Gasteiger partial charge in [-0.3, -0.25) is 9.10 Å². The van der Waals surface area contributed by atoms with Crippen molar-refractivity contribution in [1.82, 2.24) is 4.90 Å². The van der Waals surface area contributed by atoms with E-state index in [9.17, 15) is 18.0 Å². The van der Waals surface area contributed by atoms with Gasteiger partial charge in [-0.15, -0.1) is 0 Å². The van der Waals surface area contributed by atoms with Gasteiger partial charge in [0.1, 0.15) is 12.3 Å². The van der Waals surface area contributed by atoms with Crippen LogP contribution >= 0.6 is 0 Å². The number of nitrogens with zero attached hydrogens (tertiary/aromatic N) is 2. The lowest BCUT2D eigenvalue weighted by Gasteiger charge is -2.25. The molecule has 0 aliphatic rings. The summed E-state index contributed by atoms with van der Waals surface area (Å²) in [5.74, 6) is -0.279. The van der Waals surface area contributed by atoms with Gasteiger partial charge in [-0.1, -0.05) is 18.2 Å². The number of sulfonamides is 1. The predicted molar refractivity (Wildman–Crippen MR) is 109 cm³/mol. The van der Waals surface area contributed by atoms with Gasteiger partial charge in [0.2, 0.25) is 15.9 Å². The highest BCUT2D eigenvalue weighted by molar-refractivity contribution is 7.92. The van der Waals surface area contributed by atoms with E-state index in [2.05, 4.69) is 4.74 Å². The number of esters is 1. The highest BCUT2D eigenvalue weighted by Gasteiger charge is 2.23. The average Bonchev–Trinajstić information content (AvgIpc) is 2.70. The third kappa shape index (κ3) is 5.71. The number of ether oxygens (including phenoxy) is 2. The third-order valence-corrected chi connectivity index (χ3v) is 5.42. The lowest BCUT2D eigenvalue weighted by molar-refractivity contribution is -0.128. The largest absolute Gasteiger partial charge is 0.496 e. The first-order chi connectivity index (χ1) is 13.7. The van der Waals surface area contributed by atoms with Gasteiger partial charge >= 0.3 is 5.97 Å². The first-order valence-corrected chi connectivity index (χ1v) is 10.5. The van der Waals surface area contributed by atoms with E-state index < -0.39 is 21.9 Å². The molecule has 0 N–H and O–H groups in total. The fourth-order valence-electron chi connectivity index (χ4n) is 2.70. The van der Waals surface area contributed by atoms with Gasteiger partial charge in [0.15, 0.2) is 0 Å². The van der Waals surface area contributed by atoms with E-state index in [1.165, 1.54) is 36.3 Å². The van der Waals surface area contributed by atoms with E-state index in [1.807, 2.05) is 18.2 Å². The van der Waals surface area contributed by atoms with Crippen LogP contribution in [0, 0.1) is 0 Å². The molecule has 0 radical (unpaired) electrons. The SMILES string of the molecule is COC(=O)c1ccc(N(CC(=O)N(C)Cc2ccccc2OC)S(C)(=O)=O)cc1. The Bertz CT molecular complexity index is 973. The van der Waals surface area contributed by atoms with Crippen molar-refractivity contribution >= 4 is 27.6 Å². The molecule has 2 rings (SSSR count). The minimum absolute atomic E-state index is 0.266. The number of carbonyl (C=O) groups is 2. The molecule has 8 nitrogen and oxygen atoms in total. The van der Waals surface area contributed by atoms with Crippen molar-refractivity contribution in [3.8, 4) is 5.75 Å². The Balaban J connectivity index is 2.19. The van der Waals surface area contributed by atoms with Gasteiger partial charge in [0, 0.05) is 19.2 Å². The highest BCUT2D eigenvalue weighted by Crippen LogP contribution is 2.21. The quantitative estimate of drug-likeness (QED) is 0.606. The first kappa shape index (κ1) is 22.2. The van der Waals surface area contributed by atoms with Crippen molar-refractivity contribution in [1.29, 1.82) is 0 Å². The molecule has 0 aromatic heterocycles. The molecule has 29 heavy (non-hydrogen) atoms. The molecule has 156 valence electrons. The zero-order valence-electron chi connectivity index (χ0n) is 16.8. The average molecular weight is 420 g/mol. The summed E-state index contributed by atoms with van der Waals surface area (Å²) in [6.07, 6.45) is 1.02. The molecule has 1 amide bonds. The molecule has 0 saturated heterocycles. The first-order valence-electron chi connectivity index (χ1n) is 8.69. The van der Waals surface area contributed by atoms with Crippen LogP contribution in [-0.2, 0) is 26.1 Å². The molecule has 2 aromatic carbocycles. The normalized spacial score (nSPS) is 10.9. The Hall–Kier alpha value is -3.07. The number of carbonyl (C=O) groups excluding carboxylic acids is 2. The Labute approximate surface area is 170 Å². The Morgan fingerprint density at radius 3 is 2.17 bits per heavy atom. The van der Waals surface area contributed by atoms with Crippen molar-refractivity contribution in [3.63, 3.8) is 0 Å². The van der Waals surface area contributed by atoms with Gasteiger partial charge in [0.25, 0.3) is 0 Å². The summed E-state index contributed by atoms with van der Waals surface area (Å²) in [4.78, 5) is 25.7. The van der Waals surface area contributed by atoms with Crippen LogP contribution in [0.4, 0.5) is 5.69 Å². The zero-order chi connectivity index (χ0) is 21.6. The number of benzene rings is 2. The molecular weight excluding hydrogens is 396 g/mol. The molecule has 2 aromatic rings. The van der Waals surface area contributed by atoms with Crippen LogP contribution in [0.15, 0.2) is 48.5 Å². The van der Waals surface area contributed by atoms with Gasteiger partial charge in [-0.05, 0) is 30.3 Å². The number of amides is 1. The van der Waals surface area contributed by atoms with E-state index >= 15 is 0 Å². The van der Waals surface area contributed by atoms with Crippen molar-refractivity contribution < 1.29 is 27.5 Å². The maximum atomic E-state index is 12.7. The van der Waals surface area contributed by atoms with E-state index in [1.54, 1.807) is 20.2 Å². The van der Waals surface area contributed by atoms with Crippen LogP contribution in [0.5, 0.6) is 5.75 Å². The minimum Gasteiger partial charge on any atom is -0.496 e. The molecule has 0 aliphatic heterocycles. The summed E-state index contributed by atoms with van der Waals surface area (Å²) >= 11 is 0. The molecule has 0 spiro atoms. The van der Waals surface area contributed by atoms with Crippen LogP contribution in [0.3, 0.4) is 0 Å². The van der Waals surface area contributed by atoms with Gasteiger partial charge in [-0.25, -0.2) is 13.2 Å². The second-order valence-electron chi connectivity index (χ2n) is 6.37. The second kappa shape index (κ2) is 9.42. The topological polar surface area (TPSA) is 93.2 Å². The van der Waals surface area contributed by atoms with E-state index in [-0.39, 0.29) is 24.3 Å². The van der Waals surface area contributed by atoms with Gasteiger partial charge in [-0.2, -0.15) is 0 Å².